The molecule has 0 aromatic carbocycles. The Balaban J connectivity index is 1.27. The Bertz CT molecular complexity index is 1550. The molecule has 0 radical (unpaired) electrons. The van der Waals surface area contributed by atoms with E-state index < -0.39 is 77.7 Å². The number of anilines is 1. The van der Waals surface area contributed by atoms with Gasteiger partial charge in [-0.3, -0.25) is 28.0 Å². The van der Waals surface area contributed by atoms with Crippen molar-refractivity contribution in [3.05, 3.63) is 45.8 Å². The van der Waals surface area contributed by atoms with Crippen LogP contribution in [0.3, 0.4) is 0 Å². The summed E-state index contributed by atoms with van der Waals surface area (Å²) in [5.41, 5.74) is 5.25. The molecule has 0 aliphatic carbocycles. The summed E-state index contributed by atoms with van der Waals surface area (Å²) in [5, 5.41) is 0. The van der Waals surface area contributed by atoms with Gasteiger partial charge in [-0.15, -0.1) is 0 Å². The fourth-order valence-corrected chi connectivity index (χ4v) is 6.52. The highest BCUT2D eigenvalue weighted by Gasteiger charge is 2.49. The number of nitrogens with one attached hydrogen (secondary N) is 1. The standard InChI is InChI=1S/C20H25N7O11P2/c1-32-14-11-6-34-40(30,31)38-10-4-9(35-18(10)27-8-24-13-16(21)22-7-23-17(13)27)5-33-39-37-15(14)19(36-11)26-3-2-12(28)25-20(26)29/h2-3,7-11,14-15,18-19,39H,4-6H2,1H3,(H,30,31)(H2,21,22,23)(H,25,28,29)/t9-,10+,11+,14+,15+,18+,19+/m0/s1. The van der Waals surface area contributed by atoms with Crippen LogP contribution in [0, 0.1) is 0 Å². The summed E-state index contributed by atoms with van der Waals surface area (Å²) in [4.78, 5) is 49.2. The lowest BCUT2D eigenvalue weighted by atomic mass is 10.1. The van der Waals surface area contributed by atoms with E-state index in [1.54, 1.807) is 0 Å². The molecule has 2 unspecified atom stereocenters. The van der Waals surface area contributed by atoms with E-state index in [-0.39, 0.29) is 18.8 Å². The SMILES string of the molecule is CO[C@H]1[C@H]2OPOC[C@@H]3C[C@@H](OP(=O)(O)OC[C@H]1O[C@H]2n1ccc(=O)[nH]c1=O)[C@H](n1cnc2c(N)ncnc21)O3. The number of rotatable bonds is 3. The zero-order chi connectivity index (χ0) is 28.0. The van der Waals surface area contributed by atoms with Gasteiger partial charge in [0.05, 0.1) is 25.6 Å². The number of ether oxygens (including phenoxy) is 3. The van der Waals surface area contributed by atoms with Gasteiger partial charge in [0, 0.05) is 25.8 Å². The Hall–Kier alpha value is -2.63. The Morgan fingerprint density at radius 3 is 2.83 bits per heavy atom. The van der Waals surface area contributed by atoms with Crippen molar-refractivity contribution in [2.75, 3.05) is 26.1 Å². The highest BCUT2D eigenvalue weighted by Crippen LogP contribution is 2.50. The fourth-order valence-electron chi connectivity index (χ4n) is 4.91. The lowest BCUT2D eigenvalue weighted by Crippen LogP contribution is -2.39. The second kappa shape index (κ2) is 11.0. The molecule has 3 aromatic heterocycles. The highest BCUT2D eigenvalue weighted by atomic mass is 31.2. The molecule has 3 fully saturated rings. The molecule has 20 heteroatoms. The van der Waals surface area contributed by atoms with Gasteiger partial charge in [0.25, 0.3) is 5.56 Å². The van der Waals surface area contributed by atoms with Crippen LogP contribution in [0.1, 0.15) is 18.9 Å². The molecule has 9 atom stereocenters. The molecular formula is C20H25N7O11P2. The summed E-state index contributed by atoms with van der Waals surface area (Å²) in [5.74, 6) is 0.164. The molecule has 216 valence electrons. The number of hydrogen-bond donors (Lipinski definition) is 3. The third kappa shape index (κ3) is 5.23. The van der Waals surface area contributed by atoms with Gasteiger partial charge in [-0.05, 0) is 0 Å². The summed E-state index contributed by atoms with van der Waals surface area (Å²) in [6, 6.07) is 1.15. The van der Waals surface area contributed by atoms with Crippen molar-refractivity contribution >= 4 is 33.8 Å². The second-order valence-corrected chi connectivity index (χ2v) is 11.2. The first-order valence-electron chi connectivity index (χ1n) is 12.0. The van der Waals surface area contributed by atoms with Crippen molar-refractivity contribution in [1.82, 2.24) is 29.1 Å². The summed E-state index contributed by atoms with van der Waals surface area (Å²) < 4.78 is 56.0. The molecule has 6 heterocycles. The van der Waals surface area contributed by atoms with E-state index in [1.165, 1.54) is 30.5 Å². The van der Waals surface area contributed by atoms with Crippen molar-refractivity contribution in [2.45, 2.75) is 49.4 Å². The maximum atomic E-state index is 13.1. The van der Waals surface area contributed by atoms with Crippen LogP contribution in [-0.4, -0.2) is 84.8 Å². The number of phosphoric ester groups is 1. The number of phosphoric acid groups is 1. The van der Waals surface area contributed by atoms with Crippen LogP contribution in [0.5, 0.6) is 0 Å². The quantitative estimate of drug-likeness (QED) is 0.324. The fraction of sp³-hybridized carbons (Fsp3) is 0.550. The van der Waals surface area contributed by atoms with Gasteiger partial charge in [0.2, 0.25) is 0 Å². The van der Waals surface area contributed by atoms with E-state index >= 15 is 0 Å². The van der Waals surface area contributed by atoms with Crippen LogP contribution in [-0.2, 0) is 36.9 Å². The van der Waals surface area contributed by atoms with Gasteiger partial charge in [0.1, 0.15) is 36.3 Å². The smallest absolute Gasteiger partial charge is 0.382 e. The monoisotopic (exact) mass is 601 g/mol. The Morgan fingerprint density at radius 1 is 1.18 bits per heavy atom. The number of methoxy groups -OCH3 is 1. The largest absolute Gasteiger partial charge is 0.472 e. The summed E-state index contributed by atoms with van der Waals surface area (Å²) in [6.45, 7) is -0.419. The van der Waals surface area contributed by atoms with Crippen molar-refractivity contribution in [1.29, 1.82) is 0 Å². The van der Waals surface area contributed by atoms with E-state index in [0.717, 1.165) is 10.6 Å². The van der Waals surface area contributed by atoms with E-state index in [9.17, 15) is 19.0 Å². The Morgan fingerprint density at radius 2 is 2.02 bits per heavy atom. The van der Waals surface area contributed by atoms with Gasteiger partial charge in [-0.25, -0.2) is 24.3 Å². The number of nitrogens with two attached hydrogens (primary N) is 1. The predicted molar refractivity (Wildman–Crippen MR) is 134 cm³/mol. The number of aromatic amines is 1. The van der Waals surface area contributed by atoms with Gasteiger partial charge in [-0.1, -0.05) is 0 Å². The highest BCUT2D eigenvalue weighted by molar-refractivity contribution is 7.47. The molecule has 6 rings (SSSR count). The number of nitrogens with zero attached hydrogens (tertiary/aromatic N) is 5. The molecule has 4 N–H and O–H groups in total. The predicted octanol–water partition coefficient (Wildman–Crippen LogP) is -0.415. The minimum Gasteiger partial charge on any atom is -0.382 e. The number of fused-ring (bicyclic) bond motifs is 5. The zero-order valence-corrected chi connectivity index (χ0v) is 22.7. The number of aromatic nitrogens is 6. The third-order valence-electron chi connectivity index (χ3n) is 6.67. The van der Waals surface area contributed by atoms with E-state index in [1.807, 2.05) is 0 Å². The summed E-state index contributed by atoms with van der Waals surface area (Å²) >= 11 is 0. The topological polar surface area (TPSA) is 226 Å². The number of imidazole rings is 1. The molecule has 0 amide bonds. The lowest BCUT2D eigenvalue weighted by Gasteiger charge is -2.24. The summed E-state index contributed by atoms with van der Waals surface area (Å²) in [6.07, 6.45) is -2.11. The molecule has 0 spiro atoms. The van der Waals surface area contributed by atoms with E-state index in [0.29, 0.717) is 11.2 Å². The van der Waals surface area contributed by atoms with Crippen LogP contribution < -0.4 is 17.0 Å². The zero-order valence-electron chi connectivity index (χ0n) is 20.8. The first kappa shape index (κ1) is 27.5. The second-order valence-electron chi connectivity index (χ2n) is 9.14. The van der Waals surface area contributed by atoms with Crippen LogP contribution in [0.15, 0.2) is 34.5 Å². The molecule has 18 nitrogen and oxygen atoms in total. The molecule has 4 bridgehead atoms. The Kier molecular flexibility index (Phi) is 7.56. The molecule has 40 heavy (non-hydrogen) atoms. The molecule has 0 saturated carbocycles. The minimum absolute atomic E-state index is 0.0348. The molecule has 3 saturated heterocycles. The van der Waals surface area contributed by atoms with Crippen molar-refractivity contribution < 1.29 is 41.8 Å². The first-order valence-corrected chi connectivity index (χ1v) is 14.3. The lowest BCUT2D eigenvalue weighted by molar-refractivity contribution is -0.0658. The molecule has 3 aliphatic rings. The summed E-state index contributed by atoms with van der Waals surface area (Å²) in [7, 11) is -3.83. The number of H-pyrrole nitrogens is 1. The first-order chi connectivity index (χ1) is 19.2. The molecule has 3 aliphatic heterocycles. The normalized spacial score (nSPS) is 35.7. The van der Waals surface area contributed by atoms with Gasteiger partial charge < -0.3 is 33.9 Å². The maximum absolute atomic E-state index is 13.1. The van der Waals surface area contributed by atoms with Crippen LogP contribution in [0.2, 0.25) is 0 Å². The minimum atomic E-state index is -4.70. The van der Waals surface area contributed by atoms with Gasteiger partial charge in [-0.2, -0.15) is 0 Å². The molecule has 3 aromatic rings. The molecular weight excluding hydrogens is 576 g/mol. The van der Waals surface area contributed by atoms with Crippen LogP contribution >= 0.6 is 16.9 Å². The number of nitrogen functional groups attached to an aromatic ring is 1. The van der Waals surface area contributed by atoms with E-state index in [4.69, 9.17) is 38.0 Å². The third-order valence-corrected chi connectivity index (χ3v) is 8.34. The number of hydrogen-bond acceptors (Lipinski definition) is 14. The van der Waals surface area contributed by atoms with Crippen molar-refractivity contribution in [3.8, 4) is 0 Å². The average molecular weight is 601 g/mol. The van der Waals surface area contributed by atoms with Gasteiger partial charge >= 0.3 is 13.5 Å². The average Bonchev–Trinajstić information content (AvgIpc) is 3.60. The van der Waals surface area contributed by atoms with Gasteiger partial charge in [0.15, 0.2) is 33.0 Å². The van der Waals surface area contributed by atoms with Crippen LogP contribution in [0.25, 0.3) is 11.2 Å². The van der Waals surface area contributed by atoms with Crippen LogP contribution in [0.4, 0.5) is 5.82 Å². The van der Waals surface area contributed by atoms with Crippen molar-refractivity contribution in [3.63, 3.8) is 0 Å². The maximum Gasteiger partial charge on any atom is 0.472 e. The Labute approximate surface area is 226 Å². The van der Waals surface area contributed by atoms with E-state index in [2.05, 4.69) is 19.9 Å². The van der Waals surface area contributed by atoms with Crippen molar-refractivity contribution in [2.24, 2.45) is 0 Å².